The zero-order valence-electron chi connectivity index (χ0n) is 4.49. The Labute approximate surface area is 48.5 Å². The van der Waals surface area contributed by atoms with Crippen LogP contribution < -0.4 is 0 Å². The first-order valence-electron chi connectivity index (χ1n) is 1.87. The summed E-state index contributed by atoms with van der Waals surface area (Å²) in [7, 11) is 1.23. The van der Waals surface area contributed by atoms with Crippen molar-refractivity contribution in [1.29, 1.82) is 0 Å². The maximum absolute atomic E-state index is 2.15. The van der Waals surface area contributed by atoms with E-state index in [1.165, 1.54) is 15.4 Å². The van der Waals surface area contributed by atoms with Crippen LogP contribution in [0.15, 0.2) is 11.3 Å². The van der Waals surface area contributed by atoms with Gasteiger partial charge in [0.1, 0.15) is 0 Å². The molecule has 38 valence electrons. The Kier molecular flexibility index (Phi) is 8.34. The molecule has 0 rings (SSSR count). The van der Waals surface area contributed by atoms with Gasteiger partial charge in [-0.1, -0.05) is 11.3 Å². The van der Waals surface area contributed by atoms with E-state index in [1.54, 1.807) is 0 Å². The minimum Gasteiger partial charge on any atom is -0.147 e. The molecule has 0 bridgehead atoms. The lowest BCUT2D eigenvalue weighted by Gasteiger charge is -1.73. The minimum atomic E-state index is 0. The molecule has 0 fully saturated rings. The number of hydrogen-bond donors (Lipinski definition) is 0. The molecule has 0 saturated carbocycles. The minimum absolute atomic E-state index is 0. The van der Waals surface area contributed by atoms with Crippen molar-refractivity contribution < 1.29 is 0 Å². The first kappa shape index (κ1) is 9.54. The highest BCUT2D eigenvalue weighted by molar-refractivity contribution is 6.21. The molecule has 6 heavy (non-hydrogen) atoms. The first-order chi connectivity index (χ1) is 2.27. The van der Waals surface area contributed by atoms with Crippen LogP contribution in [0.5, 0.6) is 0 Å². The zero-order chi connectivity index (χ0) is 4.28. The van der Waals surface area contributed by atoms with Crippen molar-refractivity contribution in [2.75, 3.05) is 0 Å². The highest BCUT2D eigenvalue weighted by atomic mass is 35.5. The molecule has 2 heteroatoms. The van der Waals surface area contributed by atoms with Crippen LogP contribution >= 0.6 is 12.4 Å². The third kappa shape index (κ3) is 8.87. The third-order valence-electron chi connectivity index (χ3n) is 0.577. The van der Waals surface area contributed by atoms with Gasteiger partial charge in [0.05, 0.1) is 0 Å². The monoisotopic (exact) mass is 122 g/mol. The van der Waals surface area contributed by atoms with Gasteiger partial charge in [0.25, 0.3) is 0 Å². The van der Waals surface area contributed by atoms with Crippen molar-refractivity contribution in [2.45, 2.75) is 13.8 Å². The highest BCUT2D eigenvalue weighted by Gasteiger charge is 1.60. The maximum atomic E-state index is 2.15. The molecular formula is C4H11ClSi. The van der Waals surface area contributed by atoms with Crippen molar-refractivity contribution in [2.24, 2.45) is 0 Å². The molecule has 0 saturated heterocycles. The van der Waals surface area contributed by atoms with Crippen LogP contribution in [0.3, 0.4) is 0 Å². The Hall–Kier alpha value is 0.247. The normalized spacial score (nSPS) is 10.7. The van der Waals surface area contributed by atoms with E-state index in [9.17, 15) is 0 Å². The Morgan fingerprint density at radius 1 is 1.67 bits per heavy atom. The first-order valence-corrected chi connectivity index (χ1v) is 2.87. The molecule has 0 amide bonds. The van der Waals surface area contributed by atoms with Gasteiger partial charge in [-0.3, -0.25) is 0 Å². The van der Waals surface area contributed by atoms with Gasteiger partial charge in [0, 0.05) is 10.2 Å². The molecule has 0 atom stereocenters. The van der Waals surface area contributed by atoms with E-state index in [0.717, 1.165) is 0 Å². The van der Waals surface area contributed by atoms with E-state index in [2.05, 4.69) is 19.9 Å². The molecule has 0 unspecified atom stereocenters. The second-order valence-corrected chi connectivity index (χ2v) is 2.94. The molecule has 0 nitrogen and oxygen atoms in total. The van der Waals surface area contributed by atoms with E-state index in [-0.39, 0.29) is 12.4 Å². The Morgan fingerprint density at radius 3 is 1.83 bits per heavy atom. The molecule has 0 N–H and O–H groups in total. The molecular weight excluding hydrogens is 112 g/mol. The summed E-state index contributed by atoms with van der Waals surface area (Å²) in [5, 5.41) is 1.52. The SMILES string of the molecule is CC=C(C)[SiH3].Cl. The summed E-state index contributed by atoms with van der Waals surface area (Å²) in [6, 6.07) is 0. The van der Waals surface area contributed by atoms with Gasteiger partial charge in [-0.15, -0.1) is 12.4 Å². The van der Waals surface area contributed by atoms with Gasteiger partial charge in [-0.25, -0.2) is 0 Å². The second-order valence-electron chi connectivity index (χ2n) is 1.37. The van der Waals surface area contributed by atoms with Crippen LogP contribution in [0.1, 0.15) is 13.8 Å². The summed E-state index contributed by atoms with van der Waals surface area (Å²) in [5.41, 5.74) is 0. The van der Waals surface area contributed by atoms with Gasteiger partial charge in [0.15, 0.2) is 0 Å². The fourth-order valence-corrected chi connectivity index (χ4v) is 0. The average molecular weight is 123 g/mol. The van der Waals surface area contributed by atoms with Crippen molar-refractivity contribution in [3.63, 3.8) is 0 Å². The third-order valence-corrected chi connectivity index (χ3v) is 1.15. The fourth-order valence-electron chi connectivity index (χ4n) is 0. The number of hydrogen-bond acceptors (Lipinski definition) is 0. The lowest BCUT2D eigenvalue weighted by atomic mass is 10.6. The molecule has 0 spiro atoms. The van der Waals surface area contributed by atoms with Crippen LogP contribution in [0, 0.1) is 0 Å². The largest absolute Gasteiger partial charge is 0.147 e. The molecule has 0 aliphatic carbocycles. The molecule has 0 aromatic heterocycles. The van der Waals surface area contributed by atoms with Gasteiger partial charge < -0.3 is 0 Å². The van der Waals surface area contributed by atoms with E-state index >= 15 is 0 Å². The van der Waals surface area contributed by atoms with Gasteiger partial charge in [-0.05, 0) is 13.8 Å². The van der Waals surface area contributed by atoms with Crippen molar-refractivity contribution in [1.82, 2.24) is 0 Å². The summed E-state index contributed by atoms with van der Waals surface area (Å²) in [6.07, 6.45) is 2.15. The Bertz CT molecular complexity index is 45.5. The Balaban J connectivity index is 0. The maximum Gasteiger partial charge on any atom is 0.0325 e. The number of allylic oxidation sites excluding steroid dienone is 2. The predicted molar refractivity (Wildman–Crippen MR) is 36.6 cm³/mol. The van der Waals surface area contributed by atoms with Crippen molar-refractivity contribution in [3.8, 4) is 0 Å². The van der Waals surface area contributed by atoms with Crippen LogP contribution in [0.2, 0.25) is 0 Å². The van der Waals surface area contributed by atoms with Gasteiger partial charge >= 0.3 is 0 Å². The van der Waals surface area contributed by atoms with Crippen molar-refractivity contribution >= 4 is 22.6 Å². The quantitative estimate of drug-likeness (QED) is 0.415. The van der Waals surface area contributed by atoms with Crippen LogP contribution in [-0.4, -0.2) is 10.2 Å². The average Bonchev–Trinajstić information content (AvgIpc) is 1.38. The topological polar surface area (TPSA) is 0 Å². The van der Waals surface area contributed by atoms with E-state index < -0.39 is 0 Å². The zero-order valence-corrected chi connectivity index (χ0v) is 7.30. The van der Waals surface area contributed by atoms with Gasteiger partial charge in [0.2, 0.25) is 0 Å². The molecule has 0 aliphatic rings. The van der Waals surface area contributed by atoms with Gasteiger partial charge in [-0.2, -0.15) is 0 Å². The van der Waals surface area contributed by atoms with Crippen molar-refractivity contribution in [3.05, 3.63) is 11.3 Å². The standard InChI is InChI=1S/C4H10Si.ClH/c1-3-4(2)5;/h3H,1-2,5H3;1H. The van der Waals surface area contributed by atoms with E-state index in [0.29, 0.717) is 0 Å². The predicted octanol–water partition coefficient (Wildman–Crippen LogP) is 0.697. The molecule has 0 aromatic carbocycles. The smallest absolute Gasteiger partial charge is 0.0325 e. The summed E-state index contributed by atoms with van der Waals surface area (Å²) < 4.78 is 0. The summed E-state index contributed by atoms with van der Waals surface area (Å²) in [5.74, 6) is 0. The lowest BCUT2D eigenvalue weighted by molar-refractivity contribution is 1.59. The summed E-state index contributed by atoms with van der Waals surface area (Å²) >= 11 is 0. The second kappa shape index (κ2) is 5.25. The lowest BCUT2D eigenvalue weighted by Crippen LogP contribution is -1.62. The van der Waals surface area contributed by atoms with Crippen LogP contribution in [-0.2, 0) is 0 Å². The Morgan fingerprint density at radius 2 is 1.83 bits per heavy atom. The fraction of sp³-hybridized carbons (Fsp3) is 0.500. The summed E-state index contributed by atoms with van der Waals surface area (Å²) in [4.78, 5) is 0. The molecule has 0 radical (unpaired) electrons. The van der Waals surface area contributed by atoms with E-state index in [1.807, 2.05) is 0 Å². The summed E-state index contributed by atoms with van der Waals surface area (Å²) in [6.45, 7) is 4.22. The number of rotatable bonds is 0. The van der Waals surface area contributed by atoms with Crippen LogP contribution in [0.4, 0.5) is 0 Å². The number of halogens is 1. The highest BCUT2D eigenvalue weighted by Crippen LogP contribution is 1.76. The van der Waals surface area contributed by atoms with Crippen LogP contribution in [0.25, 0.3) is 0 Å². The molecule has 0 aliphatic heterocycles. The van der Waals surface area contributed by atoms with E-state index in [4.69, 9.17) is 0 Å². The molecule has 0 heterocycles. The molecule has 0 aromatic rings.